The number of amides is 2. The first-order chi connectivity index (χ1) is 15.3. The summed E-state index contributed by atoms with van der Waals surface area (Å²) in [5.74, 6) is -0.0398. The molecule has 5 rings (SSSR count). The highest BCUT2D eigenvalue weighted by molar-refractivity contribution is 7.89. The summed E-state index contributed by atoms with van der Waals surface area (Å²) >= 11 is 0. The van der Waals surface area contributed by atoms with Crippen LogP contribution in [0.1, 0.15) is 17.4 Å². The molecule has 2 amide bonds. The number of fused-ring (bicyclic) bond motifs is 2. The number of ether oxygens (including phenoxy) is 1. The van der Waals surface area contributed by atoms with Gasteiger partial charge in [-0.25, -0.2) is 8.42 Å². The maximum Gasteiger partial charge on any atom is 0.270 e. The van der Waals surface area contributed by atoms with Gasteiger partial charge >= 0.3 is 0 Å². The molecule has 3 heterocycles. The van der Waals surface area contributed by atoms with Crippen molar-refractivity contribution in [2.75, 3.05) is 31.5 Å². The number of hydrogen-bond acceptors (Lipinski definition) is 5. The van der Waals surface area contributed by atoms with Gasteiger partial charge in [-0.3, -0.25) is 9.59 Å². The van der Waals surface area contributed by atoms with E-state index in [0.29, 0.717) is 17.1 Å². The molecule has 2 aromatic carbocycles. The first-order valence-electron chi connectivity index (χ1n) is 10.3. The lowest BCUT2D eigenvalue weighted by atomic mass is 10.2. The van der Waals surface area contributed by atoms with Crippen LogP contribution in [0.5, 0.6) is 5.75 Å². The molecule has 1 fully saturated rings. The zero-order valence-corrected chi connectivity index (χ0v) is 18.2. The van der Waals surface area contributed by atoms with Crippen molar-refractivity contribution < 1.29 is 22.7 Å². The number of aromatic amines is 1. The maximum absolute atomic E-state index is 13.1. The Labute approximate surface area is 185 Å². The summed E-state index contributed by atoms with van der Waals surface area (Å²) in [4.78, 5) is 29.6. The highest BCUT2D eigenvalue weighted by atomic mass is 32.2. The van der Waals surface area contributed by atoms with E-state index in [-0.39, 0.29) is 42.9 Å². The van der Waals surface area contributed by atoms with Crippen molar-refractivity contribution >= 4 is 38.4 Å². The van der Waals surface area contributed by atoms with Crippen molar-refractivity contribution in [3.8, 4) is 5.75 Å². The van der Waals surface area contributed by atoms with E-state index in [2.05, 4.69) is 10.3 Å². The molecule has 3 aromatic rings. The Kier molecular flexibility index (Phi) is 4.90. The van der Waals surface area contributed by atoms with Gasteiger partial charge in [-0.05, 0) is 37.3 Å². The number of para-hydroxylation sites is 1. The van der Waals surface area contributed by atoms with Crippen LogP contribution in [0.2, 0.25) is 0 Å². The van der Waals surface area contributed by atoms with Crippen LogP contribution in [0.25, 0.3) is 10.9 Å². The third-order valence-electron chi connectivity index (χ3n) is 5.81. The first-order valence-corrected chi connectivity index (χ1v) is 11.8. The Morgan fingerprint density at radius 1 is 1.06 bits per heavy atom. The van der Waals surface area contributed by atoms with Crippen LogP contribution in [0.3, 0.4) is 0 Å². The van der Waals surface area contributed by atoms with Gasteiger partial charge < -0.3 is 19.9 Å². The highest BCUT2D eigenvalue weighted by Crippen LogP contribution is 2.33. The molecule has 0 aliphatic carbocycles. The Morgan fingerprint density at radius 3 is 2.56 bits per heavy atom. The summed E-state index contributed by atoms with van der Waals surface area (Å²) < 4.78 is 33.1. The van der Waals surface area contributed by atoms with Gasteiger partial charge in [-0.1, -0.05) is 18.2 Å². The molecule has 2 aliphatic heterocycles. The van der Waals surface area contributed by atoms with Gasteiger partial charge in [0, 0.05) is 37.1 Å². The molecule has 9 nitrogen and oxygen atoms in total. The SMILES string of the molecule is C[C@@H]1Oc2ccc(S(=O)(=O)N3CCN(C(=O)c4cc5ccccc5[nH]4)CC3)cc2NC1=O. The fourth-order valence-electron chi connectivity index (χ4n) is 3.99. The minimum atomic E-state index is -3.78. The average Bonchev–Trinajstić information content (AvgIpc) is 3.23. The van der Waals surface area contributed by atoms with Crippen molar-refractivity contribution in [2.45, 2.75) is 17.9 Å². The smallest absolute Gasteiger partial charge is 0.270 e. The van der Waals surface area contributed by atoms with E-state index in [1.165, 1.54) is 16.4 Å². The third-order valence-corrected chi connectivity index (χ3v) is 7.70. The number of aromatic nitrogens is 1. The van der Waals surface area contributed by atoms with Crippen LogP contribution in [0, 0.1) is 0 Å². The van der Waals surface area contributed by atoms with Crippen LogP contribution < -0.4 is 10.1 Å². The standard InChI is InChI=1S/C22H22N4O5S/c1-14-21(27)24-18-13-16(6-7-20(18)31-14)32(29,30)26-10-8-25(9-11-26)22(28)19-12-15-4-2-3-5-17(15)23-19/h2-7,12-14,23H,8-11H2,1H3,(H,24,27)/t14-/m0/s1. The molecule has 10 heteroatoms. The summed E-state index contributed by atoms with van der Waals surface area (Å²) in [7, 11) is -3.78. The van der Waals surface area contributed by atoms with Gasteiger partial charge in [0.05, 0.1) is 10.6 Å². The third kappa shape index (κ3) is 3.51. The summed E-state index contributed by atoms with van der Waals surface area (Å²) in [5, 5.41) is 3.63. The fraction of sp³-hybridized carbons (Fsp3) is 0.273. The van der Waals surface area contributed by atoms with E-state index >= 15 is 0 Å². The number of nitrogens with one attached hydrogen (secondary N) is 2. The van der Waals surface area contributed by atoms with Crippen LogP contribution in [-0.4, -0.2) is 66.7 Å². The molecule has 2 aliphatic rings. The molecule has 0 saturated carbocycles. The minimum absolute atomic E-state index is 0.0742. The van der Waals surface area contributed by atoms with Gasteiger partial charge in [0.25, 0.3) is 11.8 Å². The Hall–Kier alpha value is -3.37. The van der Waals surface area contributed by atoms with E-state index in [1.807, 2.05) is 30.3 Å². The topological polar surface area (TPSA) is 112 Å². The van der Waals surface area contributed by atoms with Crippen LogP contribution >= 0.6 is 0 Å². The number of anilines is 1. The van der Waals surface area contributed by atoms with E-state index in [1.54, 1.807) is 17.9 Å². The number of H-pyrrole nitrogens is 1. The normalized spacial score (nSPS) is 19.3. The predicted octanol–water partition coefficient (Wildman–Crippen LogP) is 2.03. The van der Waals surface area contributed by atoms with Gasteiger partial charge in [0.15, 0.2) is 6.10 Å². The molecule has 0 unspecified atom stereocenters. The van der Waals surface area contributed by atoms with Crippen molar-refractivity contribution in [1.29, 1.82) is 0 Å². The van der Waals surface area contributed by atoms with Crippen molar-refractivity contribution in [3.63, 3.8) is 0 Å². The molecule has 166 valence electrons. The van der Waals surface area contributed by atoms with Crippen LogP contribution in [0.15, 0.2) is 53.4 Å². The minimum Gasteiger partial charge on any atom is -0.479 e. The predicted molar refractivity (Wildman–Crippen MR) is 118 cm³/mol. The molecular formula is C22H22N4O5S. The molecular weight excluding hydrogens is 432 g/mol. The summed E-state index contributed by atoms with van der Waals surface area (Å²) in [6, 6.07) is 13.9. The van der Waals surface area contributed by atoms with Crippen molar-refractivity contribution in [2.24, 2.45) is 0 Å². The highest BCUT2D eigenvalue weighted by Gasteiger charge is 2.32. The van der Waals surface area contributed by atoms with Crippen LogP contribution in [-0.2, 0) is 14.8 Å². The lowest BCUT2D eigenvalue weighted by Crippen LogP contribution is -2.50. The number of benzene rings is 2. The summed E-state index contributed by atoms with van der Waals surface area (Å²) in [5.41, 5.74) is 1.71. The van der Waals surface area contributed by atoms with E-state index in [0.717, 1.165) is 10.9 Å². The molecule has 2 N–H and O–H groups in total. The molecule has 0 bridgehead atoms. The van der Waals surface area contributed by atoms with E-state index in [4.69, 9.17) is 4.74 Å². The molecule has 32 heavy (non-hydrogen) atoms. The molecule has 1 atom stereocenters. The zero-order valence-electron chi connectivity index (χ0n) is 17.4. The van der Waals surface area contributed by atoms with Gasteiger partial charge in [-0.15, -0.1) is 0 Å². The summed E-state index contributed by atoms with van der Waals surface area (Å²) in [6.45, 7) is 2.57. The zero-order chi connectivity index (χ0) is 22.5. The Bertz CT molecular complexity index is 1290. The Morgan fingerprint density at radius 2 is 1.81 bits per heavy atom. The number of carbonyl (C=O) groups excluding carboxylic acids is 2. The first kappa shape index (κ1) is 20.5. The number of carbonyl (C=O) groups is 2. The number of hydrogen-bond donors (Lipinski definition) is 2. The fourth-order valence-corrected chi connectivity index (χ4v) is 5.44. The number of rotatable bonds is 3. The van der Waals surface area contributed by atoms with Gasteiger partial charge in [0.1, 0.15) is 11.4 Å². The van der Waals surface area contributed by atoms with Crippen LogP contribution in [0.4, 0.5) is 5.69 Å². The second kappa shape index (κ2) is 7.64. The Balaban J connectivity index is 1.30. The second-order valence-electron chi connectivity index (χ2n) is 7.87. The average molecular weight is 455 g/mol. The molecule has 0 radical (unpaired) electrons. The van der Waals surface area contributed by atoms with Crippen molar-refractivity contribution in [1.82, 2.24) is 14.2 Å². The monoisotopic (exact) mass is 454 g/mol. The summed E-state index contributed by atoms with van der Waals surface area (Å²) in [6.07, 6.45) is -0.632. The maximum atomic E-state index is 13.1. The van der Waals surface area contributed by atoms with E-state index < -0.39 is 16.1 Å². The lowest BCUT2D eigenvalue weighted by Gasteiger charge is -2.34. The second-order valence-corrected chi connectivity index (χ2v) is 9.81. The molecule has 1 aromatic heterocycles. The molecule has 0 spiro atoms. The van der Waals surface area contributed by atoms with Crippen molar-refractivity contribution in [3.05, 3.63) is 54.2 Å². The van der Waals surface area contributed by atoms with Gasteiger partial charge in [0.2, 0.25) is 10.0 Å². The number of nitrogens with zero attached hydrogens (tertiary/aromatic N) is 2. The van der Waals surface area contributed by atoms with Gasteiger partial charge in [-0.2, -0.15) is 4.31 Å². The quantitative estimate of drug-likeness (QED) is 0.629. The number of piperazine rings is 1. The molecule has 1 saturated heterocycles. The lowest BCUT2D eigenvalue weighted by molar-refractivity contribution is -0.122. The van der Waals surface area contributed by atoms with E-state index in [9.17, 15) is 18.0 Å². The number of sulfonamides is 1. The largest absolute Gasteiger partial charge is 0.479 e.